The SMILES string of the molecule is Cc1ccc(OCC(C)NS(=O)(=O)c2nnc(NC(=O)c3ccccc3Cl)s2)cc1. The topological polar surface area (TPSA) is 110 Å². The smallest absolute Gasteiger partial charge is 0.270 e. The molecule has 2 N–H and O–H groups in total. The summed E-state index contributed by atoms with van der Waals surface area (Å²) in [4.78, 5) is 12.3. The van der Waals surface area contributed by atoms with Gasteiger partial charge in [-0.05, 0) is 38.1 Å². The van der Waals surface area contributed by atoms with E-state index in [1.807, 2.05) is 31.2 Å². The van der Waals surface area contributed by atoms with Gasteiger partial charge in [0.2, 0.25) is 9.47 Å². The number of anilines is 1. The number of halogens is 1. The molecule has 1 heterocycles. The number of nitrogens with zero attached hydrogens (tertiary/aromatic N) is 2. The van der Waals surface area contributed by atoms with Gasteiger partial charge in [0.1, 0.15) is 12.4 Å². The highest BCUT2D eigenvalue weighted by molar-refractivity contribution is 7.91. The number of sulfonamides is 1. The molecule has 2 aromatic carbocycles. The van der Waals surface area contributed by atoms with Gasteiger partial charge in [-0.2, -0.15) is 0 Å². The van der Waals surface area contributed by atoms with Crippen LogP contribution in [-0.2, 0) is 10.0 Å². The van der Waals surface area contributed by atoms with Crippen LogP contribution in [0.1, 0.15) is 22.8 Å². The van der Waals surface area contributed by atoms with Crippen molar-refractivity contribution in [3.05, 3.63) is 64.7 Å². The average Bonchev–Trinajstić information content (AvgIpc) is 3.17. The second kappa shape index (κ2) is 9.52. The highest BCUT2D eigenvalue weighted by atomic mass is 35.5. The monoisotopic (exact) mass is 466 g/mol. The molecule has 0 aliphatic heterocycles. The number of amides is 1. The van der Waals surface area contributed by atoms with Crippen molar-refractivity contribution in [1.82, 2.24) is 14.9 Å². The summed E-state index contributed by atoms with van der Waals surface area (Å²) in [7, 11) is -3.92. The van der Waals surface area contributed by atoms with Crippen molar-refractivity contribution < 1.29 is 17.9 Å². The summed E-state index contributed by atoms with van der Waals surface area (Å²) in [6.07, 6.45) is 0. The molecule has 1 unspecified atom stereocenters. The van der Waals surface area contributed by atoms with Crippen molar-refractivity contribution >= 4 is 44.0 Å². The largest absolute Gasteiger partial charge is 0.492 e. The van der Waals surface area contributed by atoms with Crippen molar-refractivity contribution in [1.29, 1.82) is 0 Å². The van der Waals surface area contributed by atoms with Crippen LogP contribution in [0.5, 0.6) is 5.75 Å². The Hall–Kier alpha value is -2.53. The van der Waals surface area contributed by atoms with E-state index in [0.717, 1.165) is 16.9 Å². The maximum absolute atomic E-state index is 12.5. The molecule has 3 aromatic rings. The molecule has 1 aromatic heterocycles. The number of rotatable bonds is 8. The first kappa shape index (κ1) is 22.2. The lowest BCUT2D eigenvalue weighted by atomic mass is 10.2. The molecule has 0 saturated carbocycles. The Balaban J connectivity index is 1.59. The predicted octanol–water partition coefficient (Wildman–Crippen LogP) is 3.50. The quantitative estimate of drug-likeness (QED) is 0.491. The van der Waals surface area contributed by atoms with Crippen LogP contribution in [0.3, 0.4) is 0 Å². The molecule has 0 aliphatic rings. The molecule has 3 rings (SSSR count). The van der Waals surface area contributed by atoms with Crippen molar-refractivity contribution in [3.8, 4) is 5.75 Å². The van der Waals surface area contributed by atoms with Gasteiger partial charge in [-0.25, -0.2) is 13.1 Å². The first-order valence-electron chi connectivity index (χ1n) is 8.86. The number of ether oxygens (including phenoxy) is 1. The minimum absolute atomic E-state index is 0.0452. The second-order valence-electron chi connectivity index (χ2n) is 6.45. The molecule has 158 valence electrons. The zero-order chi connectivity index (χ0) is 21.7. The predicted molar refractivity (Wildman–Crippen MR) is 116 cm³/mol. The van der Waals surface area contributed by atoms with E-state index in [9.17, 15) is 13.2 Å². The number of carbonyl (C=O) groups is 1. The van der Waals surface area contributed by atoms with E-state index >= 15 is 0 Å². The van der Waals surface area contributed by atoms with Gasteiger partial charge in [0.05, 0.1) is 16.6 Å². The van der Waals surface area contributed by atoms with Gasteiger partial charge in [-0.3, -0.25) is 10.1 Å². The van der Waals surface area contributed by atoms with Crippen molar-refractivity contribution in [2.24, 2.45) is 0 Å². The summed E-state index contributed by atoms with van der Waals surface area (Å²) in [5.74, 6) is 0.139. The van der Waals surface area contributed by atoms with E-state index < -0.39 is 22.0 Å². The van der Waals surface area contributed by atoms with Crippen LogP contribution in [0, 0.1) is 6.92 Å². The lowest BCUT2D eigenvalue weighted by Crippen LogP contribution is -2.36. The van der Waals surface area contributed by atoms with E-state index in [1.54, 1.807) is 31.2 Å². The summed E-state index contributed by atoms with van der Waals surface area (Å²) in [5, 5.41) is 10.2. The first-order valence-corrected chi connectivity index (χ1v) is 11.5. The molecule has 0 radical (unpaired) electrons. The van der Waals surface area contributed by atoms with Gasteiger partial charge >= 0.3 is 0 Å². The molecule has 0 spiro atoms. The van der Waals surface area contributed by atoms with E-state index in [0.29, 0.717) is 5.75 Å². The Morgan fingerprint density at radius 2 is 1.87 bits per heavy atom. The zero-order valence-electron chi connectivity index (χ0n) is 16.1. The summed E-state index contributed by atoms with van der Waals surface area (Å²) in [6, 6.07) is 13.4. The van der Waals surface area contributed by atoms with E-state index in [1.165, 1.54) is 0 Å². The fourth-order valence-electron chi connectivity index (χ4n) is 2.38. The van der Waals surface area contributed by atoms with Crippen molar-refractivity contribution in [3.63, 3.8) is 0 Å². The third kappa shape index (κ3) is 5.76. The van der Waals surface area contributed by atoms with Gasteiger partial charge < -0.3 is 4.74 Å². The maximum Gasteiger partial charge on any atom is 0.270 e. The minimum atomic E-state index is -3.92. The van der Waals surface area contributed by atoms with Gasteiger partial charge in [0.15, 0.2) is 0 Å². The van der Waals surface area contributed by atoms with Gasteiger partial charge in [0.25, 0.3) is 15.9 Å². The summed E-state index contributed by atoms with van der Waals surface area (Å²) < 4.78 is 32.9. The number of benzene rings is 2. The molecule has 0 saturated heterocycles. The standard InChI is InChI=1S/C19H19ClN4O4S2/c1-12-7-9-14(10-8-12)28-11-13(2)24-30(26,27)19-23-22-18(29-19)21-17(25)15-5-3-4-6-16(15)20/h3-10,13,24H,11H2,1-2H3,(H,21,22,25). The molecular weight excluding hydrogens is 448 g/mol. The number of nitrogens with one attached hydrogen (secondary N) is 2. The number of carbonyl (C=O) groups excluding carboxylic acids is 1. The van der Waals surface area contributed by atoms with Crippen molar-refractivity contribution in [2.75, 3.05) is 11.9 Å². The second-order valence-corrected chi connectivity index (χ2v) is 9.73. The summed E-state index contributed by atoms with van der Waals surface area (Å²) in [5.41, 5.74) is 1.35. The molecule has 8 nitrogen and oxygen atoms in total. The summed E-state index contributed by atoms with van der Waals surface area (Å²) in [6.45, 7) is 3.78. The lowest BCUT2D eigenvalue weighted by Gasteiger charge is -2.14. The van der Waals surface area contributed by atoms with Crippen LogP contribution in [-0.4, -0.2) is 37.2 Å². The van der Waals surface area contributed by atoms with Crippen molar-refractivity contribution in [2.45, 2.75) is 24.2 Å². The highest BCUT2D eigenvalue weighted by Gasteiger charge is 2.23. The number of aryl methyl sites for hydroxylation is 1. The Kier molecular flexibility index (Phi) is 7.03. The van der Waals surface area contributed by atoms with Crippen LogP contribution in [0.4, 0.5) is 5.13 Å². The normalized spacial score (nSPS) is 12.4. The number of hydrogen-bond acceptors (Lipinski definition) is 7. The molecule has 0 aliphatic carbocycles. The molecular formula is C19H19ClN4O4S2. The van der Waals surface area contributed by atoms with Crippen LogP contribution >= 0.6 is 22.9 Å². The number of aromatic nitrogens is 2. The van der Waals surface area contributed by atoms with E-state index in [4.69, 9.17) is 16.3 Å². The average molecular weight is 467 g/mol. The van der Waals surface area contributed by atoms with Gasteiger partial charge in [-0.15, -0.1) is 10.2 Å². The van der Waals surface area contributed by atoms with Gasteiger partial charge in [0, 0.05) is 0 Å². The highest BCUT2D eigenvalue weighted by Crippen LogP contribution is 2.22. The van der Waals surface area contributed by atoms with Gasteiger partial charge in [-0.1, -0.05) is 52.8 Å². The maximum atomic E-state index is 12.5. The lowest BCUT2D eigenvalue weighted by molar-refractivity contribution is 0.102. The van der Waals surface area contributed by atoms with E-state index in [2.05, 4.69) is 20.2 Å². The summed E-state index contributed by atoms with van der Waals surface area (Å²) >= 11 is 6.73. The molecule has 0 bridgehead atoms. The minimum Gasteiger partial charge on any atom is -0.492 e. The molecule has 30 heavy (non-hydrogen) atoms. The molecule has 0 fully saturated rings. The van der Waals surface area contributed by atoms with Crippen LogP contribution in [0.25, 0.3) is 0 Å². The molecule has 1 amide bonds. The Bertz CT molecular complexity index is 1130. The van der Waals surface area contributed by atoms with E-state index in [-0.39, 0.29) is 26.7 Å². The Morgan fingerprint density at radius 3 is 2.57 bits per heavy atom. The fourth-order valence-corrected chi connectivity index (χ4v) is 4.74. The Morgan fingerprint density at radius 1 is 1.17 bits per heavy atom. The van der Waals surface area contributed by atoms with Crippen LogP contribution in [0.2, 0.25) is 5.02 Å². The van der Waals surface area contributed by atoms with Crippen LogP contribution in [0.15, 0.2) is 52.9 Å². The van der Waals surface area contributed by atoms with Crippen LogP contribution < -0.4 is 14.8 Å². The molecule has 11 heteroatoms. The zero-order valence-corrected chi connectivity index (χ0v) is 18.5. The number of hydrogen-bond donors (Lipinski definition) is 2. The third-order valence-electron chi connectivity index (χ3n) is 3.85. The third-order valence-corrected chi connectivity index (χ3v) is 6.98. The fraction of sp³-hybridized carbons (Fsp3) is 0.211. The first-order chi connectivity index (χ1) is 14.2. The molecule has 1 atom stereocenters. The Labute approximate surface area is 183 Å².